The van der Waals surface area contributed by atoms with E-state index in [1.54, 1.807) is 4.90 Å². The van der Waals surface area contributed by atoms with Crippen molar-refractivity contribution < 1.29 is 22.7 Å². The number of hydrogen-bond acceptors (Lipinski definition) is 5. The number of esters is 1. The highest BCUT2D eigenvalue weighted by Gasteiger charge is 2.27. The molecule has 29 heavy (non-hydrogen) atoms. The summed E-state index contributed by atoms with van der Waals surface area (Å²) in [7, 11) is -4.03. The van der Waals surface area contributed by atoms with Crippen LogP contribution in [0.4, 0.5) is 5.69 Å². The van der Waals surface area contributed by atoms with Crippen LogP contribution in [-0.4, -0.2) is 39.5 Å². The van der Waals surface area contributed by atoms with Crippen LogP contribution in [0.2, 0.25) is 10.0 Å². The first-order valence-corrected chi connectivity index (χ1v) is 11.0. The number of sulfonamides is 1. The molecule has 2 aromatic rings. The van der Waals surface area contributed by atoms with Crippen molar-refractivity contribution in [3.63, 3.8) is 0 Å². The lowest BCUT2D eigenvalue weighted by molar-refractivity contribution is -0.149. The second-order valence-electron chi connectivity index (χ2n) is 6.45. The van der Waals surface area contributed by atoms with Crippen molar-refractivity contribution >= 4 is 50.8 Å². The molecular formula is C19H18Cl2N2O5S. The summed E-state index contributed by atoms with van der Waals surface area (Å²) >= 11 is 11.6. The molecular weight excluding hydrogens is 439 g/mol. The summed E-state index contributed by atoms with van der Waals surface area (Å²) in [5, 5.41) is 0.279. The number of nitrogens with zero attached hydrogens (tertiary/aromatic N) is 1. The number of anilines is 1. The van der Waals surface area contributed by atoms with E-state index in [-0.39, 0.29) is 20.8 Å². The van der Waals surface area contributed by atoms with E-state index in [1.807, 2.05) is 24.3 Å². The van der Waals surface area contributed by atoms with Crippen LogP contribution in [0.1, 0.15) is 12.5 Å². The van der Waals surface area contributed by atoms with Gasteiger partial charge in [0.1, 0.15) is 6.04 Å². The minimum atomic E-state index is -4.03. The SMILES string of the molecule is C[C@@H](NS(=O)(=O)c1ccc(Cl)c(Cl)c1)C(=O)OCC(=O)N1CCc2ccccc21. The highest BCUT2D eigenvalue weighted by Crippen LogP contribution is 2.27. The molecule has 0 unspecified atom stereocenters. The average molecular weight is 457 g/mol. The monoisotopic (exact) mass is 456 g/mol. The molecule has 1 amide bonds. The summed E-state index contributed by atoms with van der Waals surface area (Å²) in [4.78, 5) is 26.0. The van der Waals surface area contributed by atoms with Gasteiger partial charge in [0.25, 0.3) is 5.91 Å². The molecule has 0 fully saturated rings. The molecule has 3 rings (SSSR count). The molecule has 1 heterocycles. The van der Waals surface area contributed by atoms with Gasteiger partial charge in [-0.05, 0) is 43.2 Å². The van der Waals surface area contributed by atoms with Gasteiger partial charge < -0.3 is 9.64 Å². The topological polar surface area (TPSA) is 92.8 Å². The fourth-order valence-corrected chi connectivity index (χ4v) is 4.51. The maximum Gasteiger partial charge on any atom is 0.324 e. The van der Waals surface area contributed by atoms with Gasteiger partial charge in [-0.25, -0.2) is 8.42 Å². The molecule has 1 N–H and O–H groups in total. The van der Waals surface area contributed by atoms with Crippen LogP contribution in [-0.2, 0) is 30.8 Å². The zero-order chi connectivity index (χ0) is 21.2. The number of carbonyl (C=O) groups is 2. The zero-order valence-corrected chi connectivity index (χ0v) is 17.7. The van der Waals surface area contributed by atoms with E-state index in [9.17, 15) is 18.0 Å². The van der Waals surface area contributed by atoms with Gasteiger partial charge in [-0.3, -0.25) is 9.59 Å². The van der Waals surface area contributed by atoms with E-state index in [1.165, 1.54) is 25.1 Å². The molecule has 0 saturated heterocycles. The fraction of sp³-hybridized carbons (Fsp3) is 0.263. The summed E-state index contributed by atoms with van der Waals surface area (Å²) in [6.07, 6.45) is 0.732. The second kappa shape index (κ2) is 8.71. The molecule has 0 aliphatic carbocycles. The largest absolute Gasteiger partial charge is 0.454 e. The first-order chi connectivity index (χ1) is 13.7. The van der Waals surface area contributed by atoms with Gasteiger partial charge in [-0.15, -0.1) is 0 Å². The molecule has 0 saturated carbocycles. The third kappa shape index (κ3) is 4.90. The van der Waals surface area contributed by atoms with Gasteiger partial charge >= 0.3 is 5.97 Å². The Balaban J connectivity index is 1.58. The van der Waals surface area contributed by atoms with Crippen molar-refractivity contribution in [2.75, 3.05) is 18.1 Å². The molecule has 0 radical (unpaired) electrons. The predicted octanol–water partition coefficient (Wildman–Crippen LogP) is 2.79. The lowest BCUT2D eigenvalue weighted by Gasteiger charge is -2.18. The van der Waals surface area contributed by atoms with Gasteiger partial charge in [0, 0.05) is 12.2 Å². The van der Waals surface area contributed by atoms with Crippen LogP contribution >= 0.6 is 23.2 Å². The quantitative estimate of drug-likeness (QED) is 0.674. The van der Waals surface area contributed by atoms with Crippen molar-refractivity contribution in [2.45, 2.75) is 24.3 Å². The molecule has 0 aromatic heterocycles. The number of para-hydroxylation sites is 1. The smallest absolute Gasteiger partial charge is 0.324 e. The zero-order valence-electron chi connectivity index (χ0n) is 15.4. The predicted molar refractivity (Wildman–Crippen MR) is 110 cm³/mol. The molecule has 0 bridgehead atoms. The van der Waals surface area contributed by atoms with Crippen LogP contribution in [0.15, 0.2) is 47.4 Å². The Kier molecular flexibility index (Phi) is 6.48. The number of hydrogen-bond donors (Lipinski definition) is 1. The van der Waals surface area contributed by atoms with Gasteiger partial charge in [0.15, 0.2) is 6.61 Å². The first kappa shape index (κ1) is 21.6. The van der Waals surface area contributed by atoms with Crippen LogP contribution in [0.5, 0.6) is 0 Å². The third-order valence-electron chi connectivity index (χ3n) is 4.41. The maximum absolute atomic E-state index is 12.4. The van der Waals surface area contributed by atoms with Crippen molar-refractivity contribution in [3.05, 3.63) is 58.1 Å². The van der Waals surface area contributed by atoms with E-state index in [0.29, 0.717) is 6.54 Å². The van der Waals surface area contributed by atoms with Gasteiger partial charge in [0.05, 0.1) is 14.9 Å². The molecule has 2 aromatic carbocycles. The fourth-order valence-electron chi connectivity index (χ4n) is 2.93. The highest BCUT2D eigenvalue weighted by atomic mass is 35.5. The van der Waals surface area contributed by atoms with Gasteiger partial charge in [0.2, 0.25) is 10.0 Å². The maximum atomic E-state index is 12.4. The summed E-state index contributed by atoms with van der Waals surface area (Å²) < 4.78 is 32.0. The number of carbonyl (C=O) groups excluding carboxylic acids is 2. The highest BCUT2D eigenvalue weighted by molar-refractivity contribution is 7.89. The Morgan fingerprint density at radius 3 is 2.62 bits per heavy atom. The summed E-state index contributed by atoms with van der Waals surface area (Å²) in [5.41, 5.74) is 1.84. The minimum Gasteiger partial charge on any atom is -0.454 e. The Morgan fingerprint density at radius 1 is 1.17 bits per heavy atom. The molecule has 1 atom stereocenters. The molecule has 10 heteroatoms. The van der Waals surface area contributed by atoms with Crippen LogP contribution in [0, 0.1) is 0 Å². The first-order valence-electron chi connectivity index (χ1n) is 8.71. The molecule has 0 spiro atoms. The average Bonchev–Trinajstić information content (AvgIpc) is 3.11. The number of benzene rings is 2. The molecule has 1 aliphatic heterocycles. The Bertz CT molecular complexity index is 1060. The Labute approximate surface area is 178 Å². The molecule has 1 aliphatic rings. The van der Waals surface area contributed by atoms with Crippen LogP contribution in [0.25, 0.3) is 0 Å². The van der Waals surface area contributed by atoms with Crippen molar-refractivity contribution in [2.24, 2.45) is 0 Å². The number of halogens is 2. The van der Waals surface area contributed by atoms with E-state index in [4.69, 9.17) is 27.9 Å². The number of fused-ring (bicyclic) bond motifs is 1. The number of nitrogens with one attached hydrogen (secondary N) is 1. The second-order valence-corrected chi connectivity index (χ2v) is 8.98. The van der Waals surface area contributed by atoms with E-state index < -0.39 is 28.6 Å². The van der Waals surface area contributed by atoms with Gasteiger partial charge in [-0.1, -0.05) is 41.4 Å². The third-order valence-corrected chi connectivity index (χ3v) is 6.69. The number of ether oxygens (including phenoxy) is 1. The summed E-state index contributed by atoms with van der Waals surface area (Å²) in [6.45, 7) is 1.36. The molecule has 154 valence electrons. The van der Waals surface area contributed by atoms with E-state index >= 15 is 0 Å². The van der Waals surface area contributed by atoms with Crippen molar-refractivity contribution in [1.82, 2.24) is 4.72 Å². The van der Waals surface area contributed by atoms with Crippen molar-refractivity contribution in [1.29, 1.82) is 0 Å². The Hall–Kier alpha value is -2.13. The molecule has 7 nitrogen and oxygen atoms in total. The van der Waals surface area contributed by atoms with Crippen LogP contribution in [0.3, 0.4) is 0 Å². The van der Waals surface area contributed by atoms with Crippen molar-refractivity contribution in [3.8, 4) is 0 Å². The summed E-state index contributed by atoms with van der Waals surface area (Å²) in [6, 6.07) is 10.1. The van der Waals surface area contributed by atoms with E-state index in [0.717, 1.165) is 17.7 Å². The standard InChI is InChI=1S/C19H18Cl2N2O5S/c1-12(22-29(26,27)14-6-7-15(20)16(21)10-14)19(25)28-11-18(24)23-9-8-13-4-2-3-5-17(13)23/h2-7,10,12,22H,8-9,11H2,1H3/t12-/m1/s1. The van der Waals surface area contributed by atoms with Gasteiger partial charge in [-0.2, -0.15) is 4.72 Å². The normalized spacial score (nSPS) is 14.4. The number of rotatable bonds is 6. The Morgan fingerprint density at radius 2 is 1.90 bits per heavy atom. The van der Waals surface area contributed by atoms with E-state index in [2.05, 4.69) is 4.72 Å². The lowest BCUT2D eigenvalue weighted by atomic mass is 10.2. The lowest BCUT2D eigenvalue weighted by Crippen LogP contribution is -2.41. The summed E-state index contributed by atoms with van der Waals surface area (Å²) in [5.74, 6) is -1.24. The minimum absolute atomic E-state index is 0.0706. The van der Waals surface area contributed by atoms with Crippen LogP contribution < -0.4 is 9.62 Å². The number of amides is 1.